The van der Waals surface area contributed by atoms with Crippen molar-refractivity contribution in [2.45, 2.75) is 26.5 Å². The number of ether oxygens (including phenoxy) is 3. The van der Waals surface area contributed by atoms with Crippen LogP contribution in [0.3, 0.4) is 0 Å². The van der Waals surface area contributed by atoms with Crippen molar-refractivity contribution in [3.05, 3.63) is 119 Å². The van der Waals surface area contributed by atoms with Gasteiger partial charge in [-0.3, -0.25) is 9.36 Å². The van der Waals surface area contributed by atoms with Crippen LogP contribution in [0.15, 0.2) is 92.3 Å². The van der Waals surface area contributed by atoms with Gasteiger partial charge >= 0.3 is 5.97 Å². The summed E-state index contributed by atoms with van der Waals surface area (Å²) < 4.78 is 19.9. The van der Waals surface area contributed by atoms with Crippen LogP contribution in [0.25, 0.3) is 6.08 Å². The number of nitrogens with zero attached hydrogens (tertiary/aromatic N) is 3. The van der Waals surface area contributed by atoms with Crippen molar-refractivity contribution in [1.29, 1.82) is 0 Å². The number of thiazole rings is 1. The number of carbonyl (C=O) groups is 1. The fourth-order valence-corrected chi connectivity index (χ4v) is 6.53. The van der Waals surface area contributed by atoms with E-state index in [2.05, 4.69) is 20.9 Å². The predicted octanol–water partition coefficient (Wildman–Crippen LogP) is 5.21. The van der Waals surface area contributed by atoms with Gasteiger partial charge in [-0.05, 0) is 76.8 Å². The number of benzene rings is 3. The van der Waals surface area contributed by atoms with Crippen LogP contribution in [-0.4, -0.2) is 38.3 Å². The van der Waals surface area contributed by atoms with Gasteiger partial charge in [0.1, 0.15) is 6.61 Å². The van der Waals surface area contributed by atoms with Crippen LogP contribution in [0.2, 0.25) is 0 Å². The van der Waals surface area contributed by atoms with Gasteiger partial charge in [0.25, 0.3) is 5.56 Å². The van der Waals surface area contributed by atoms with Crippen LogP contribution in [0.5, 0.6) is 11.5 Å². The van der Waals surface area contributed by atoms with Gasteiger partial charge < -0.3 is 19.1 Å². The van der Waals surface area contributed by atoms with Crippen LogP contribution in [0, 0.1) is 0 Å². The molecule has 0 N–H and O–H groups in total. The first-order chi connectivity index (χ1) is 20.7. The summed E-state index contributed by atoms with van der Waals surface area (Å²) in [6.45, 7) is 4.13. The van der Waals surface area contributed by atoms with Crippen LogP contribution in [0.1, 0.15) is 36.6 Å². The molecule has 2 heterocycles. The summed E-state index contributed by atoms with van der Waals surface area (Å²) in [7, 11) is 5.50. The van der Waals surface area contributed by atoms with Crippen molar-refractivity contribution < 1.29 is 19.0 Å². The normalized spacial score (nSPS) is 14.7. The van der Waals surface area contributed by atoms with Crippen LogP contribution < -0.4 is 29.3 Å². The van der Waals surface area contributed by atoms with Gasteiger partial charge in [0.15, 0.2) is 16.3 Å². The summed E-state index contributed by atoms with van der Waals surface area (Å²) >= 11 is 4.89. The summed E-state index contributed by atoms with van der Waals surface area (Å²) in [4.78, 5) is 34.4. The number of hydrogen-bond acceptors (Lipinski definition) is 8. The largest absolute Gasteiger partial charge is 0.493 e. The highest BCUT2D eigenvalue weighted by molar-refractivity contribution is 9.10. The monoisotopic (exact) mass is 661 g/mol. The summed E-state index contributed by atoms with van der Waals surface area (Å²) in [5.41, 5.74) is 4.20. The molecule has 0 amide bonds. The molecule has 1 aliphatic rings. The van der Waals surface area contributed by atoms with Crippen molar-refractivity contribution in [3.8, 4) is 11.5 Å². The summed E-state index contributed by atoms with van der Waals surface area (Å²) in [6, 6.07) is 20.7. The average molecular weight is 663 g/mol. The van der Waals surface area contributed by atoms with Gasteiger partial charge in [0.05, 0.1) is 40.0 Å². The molecule has 0 saturated heterocycles. The van der Waals surface area contributed by atoms with E-state index in [4.69, 9.17) is 14.2 Å². The minimum absolute atomic E-state index is 0.216. The molecule has 8 nitrogen and oxygen atoms in total. The molecule has 1 aromatic heterocycles. The first kappa shape index (κ1) is 30.3. The Balaban J connectivity index is 1.58. The molecule has 1 aliphatic heterocycles. The number of rotatable bonds is 9. The average Bonchev–Trinajstić information content (AvgIpc) is 3.29. The maximum atomic E-state index is 14.0. The molecule has 4 aromatic rings. The number of hydrogen-bond donors (Lipinski definition) is 0. The molecule has 3 aromatic carbocycles. The lowest BCUT2D eigenvalue weighted by atomic mass is 9.95. The molecule has 1 atom stereocenters. The van der Waals surface area contributed by atoms with E-state index < -0.39 is 12.0 Å². The molecular formula is C33H32BrN3O5S. The van der Waals surface area contributed by atoms with Gasteiger partial charge in [-0.25, -0.2) is 9.79 Å². The fourth-order valence-electron chi connectivity index (χ4n) is 4.91. The van der Waals surface area contributed by atoms with Gasteiger partial charge in [-0.1, -0.05) is 53.8 Å². The second-order valence-corrected chi connectivity index (χ2v) is 12.0. The van der Waals surface area contributed by atoms with Crippen molar-refractivity contribution in [3.63, 3.8) is 0 Å². The zero-order valence-electron chi connectivity index (χ0n) is 24.6. The molecule has 10 heteroatoms. The maximum absolute atomic E-state index is 14.0. The Hall–Kier alpha value is -4.15. The molecule has 1 unspecified atom stereocenters. The molecule has 0 aliphatic carbocycles. The SMILES string of the molecule is CCOC(=O)C1=C(C)N=c2sc(=Cc3cc(Br)c(OCc4ccccc4)c(OC)c3)c(=O)n2C1c1ccc(N(C)C)cc1. The summed E-state index contributed by atoms with van der Waals surface area (Å²) in [5, 5.41) is 0. The number of allylic oxidation sites excluding steroid dienone is 1. The summed E-state index contributed by atoms with van der Waals surface area (Å²) in [5.74, 6) is 0.615. The zero-order valence-corrected chi connectivity index (χ0v) is 27.0. The van der Waals surface area contributed by atoms with Crippen molar-refractivity contribution in [2.75, 3.05) is 32.7 Å². The Bertz CT molecular complexity index is 1860. The quantitative estimate of drug-likeness (QED) is 0.229. The molecule has 43 heavy (non-hydrogen) atoms. The third-order valence-corrected chi connectivity index (χ3v) is 8.59. The van der Waals surface area contributed by atoms with E-state index in [1.165, 1.54) is 11.3 Å². The molecule has 222 valence electrons. The van der Waals surface area contributed by atoms with E-state index in [1.807, 2.05) is 85.7 Å². The topological polar surface area (TPSA) is 82.4 Å². The Labute approximate surface area is 262 Å². The zero-order chi connectivity index (χ0) is 30.7. The van der Waals surface area contributed by atoms with Gasteiger partial charge in [0, 0.05) is 19.8 Å². The first-order valence-corrected chi connectivity index (χ1v) is 15.3. The second kappa shape index (κ2) is 13.0. The van der Waals surface area contributed by atoms with Gasteiger partial charge in [0.2, 0.25) is 0 Å². The first-order valence-electron chi connectivity index (χ1n) is 13.7. The van der Waals surface area contributed by atoms with Crippen LogP contribution in [0.4, 0.5) is 5.69 Å². The molecular weight excluding hydrogens is 630 g/mol. The number of esters is 1. The molecule has 5 rings (SSSR count). The molecule has 0 radical (unpaired) electrons. The summed E-state index contributed by atoms with van der Waals surface area (Å²) in [6.07, 6.45) is 1.80. The van der Waals surface area contributed by atoms with E-state index in [9.17, 15) is 9.59 Å². The minimum atomic E-state index is -0.677. The number of halogens is 1. The number of fused-ring (bicyclic) bond motifs is 1. The van der Waals surface area contributed by atoms with E-state index >= 15 is 0 Å². The maximum Gasteiger partial charge on any atom is 0.338 e. The fraction of sp³-hybridized carbons (Fsp3) is 0.242. The van der Waals surface area contributed by atoms with Crippen LogP contribution >= 0.6 is 27.3 Å². The number of carbonyl (C=O) groups excluding carboxylic acids is 1. The van der Waals surface area contributed by atoms with Crippen molar-refractivity contribution in [1.82, 2.24) is 4.57 Å². The highest BCUT2D eigenvalue weighted by Crippen LogP contribution is 2.37. The van der Waals surface area contributed by atoms with E-state index in [0.717, 1.165) is 22.4 Å². The van der Waals surface area contributed by atoms with Crippen molar-refractivity contribution in [2.24, 2.45) is 4.99 Å². The van der Waals surface area contributed by atoms with Crippen LogP contribution in [-0.2, 0) is 16.1 Å². The Morgan fingerprint density at radius 3 is 2.49 bits per heavy atom. The highest BCUT2D eigenvalue weighted by Gasteiger charge is 2.33. The number of aromatic nitrogens is 1. The lowest BCUT2D eigenvalue weighted by Gasteiger charge is -2.25. The smallest absolute Gasteiger partial charge is 0.338 e. The van der Waals surface area contributed by atoms with Gasteiger partial charge in [-0.15, -0.1) is 0 Å². The minimum Gasteiger partial charge on any atom is -0.493 e. The molecule has 0 saturated carbocycles. The lowest BCUT2D eigenvalue weighted by Crippen LogP contribution is -2.39. The Morgan fingerprint density at radius 1 is 1.12 bits per heavy atom. The van der Waals surface area contributed by atoms with E-state index in [-0.39, 0.29) is 12.2 Å². The van der Waals surface area contributed by atoms with E-state index in [1.54, 1.807) is 31.6 Å². The third-order valence-electron chi connectivity index (χ3n) is 7.02. The highest BCUT2D eigenvalue weighted by atomic mass is 79.9. The standard InChI is InChI=1S/C33H32BrN3O5S/c1-6-41-32(39)28-20(2)35-33-37(29(28)23-12-14-24(15-13-23)36(3)4)31(38)27(43-33)18-22-16-25(34)30(26(17-22)40-5)42-19-21-10-8-7-9-11-21/h7-18,29H,6,19H2,1-5H3. The molecule has 0 bridgehead atoms. The predicted molar refractivity (Wildman–Crippen MR) is 173 cm³/mol. The van der Waals surface area contributed by atoms with Crippen molar-refractivity contribution >= 4 is 45.0 Å². The van der Waals surface area contributed by atoms with Gasteiger partial charge in [-0.2, -0.15) is 0 Å². The third kappa shape index (κ3) is 6.30. The second-order valence-electron chi connectivity index (χ2n) is 10.1. The molecule has 0 fully saturated rings. The van der Waals surface area contributed by atoms with E-state index in [0.29, 0.717) is 43.2 Å². The lowest BCUT2D eigenvalue weighted by molar-refractivity contribution is -0.139. The molecule has 0 spiro atoms. The Morgan fingerprint density at radius 2 is 1.84 bits per heavy atom. The number of anilines is 1. The number of methoxy groups -OCH3 is 1. The Kier molecular flexibility index (Phi) is 9.17.